The van der Waals surface area contributed by atoms with Crippen LogP contribution in [0.3, 0.4) is 0 Å². The minimum atomic E-state index is -3.62. The molecular weight excluding hydrogens is 342 g/mol. The fourth-order valence-electron chi connectivity index (χ4n) is 3.74. The molecule has 2 atom stereocenters. The Balaban J connectivity index is 1.89. The van der Waals surface area contributed by atoms with Crippen LogP contribution < -0.4 is 10.6 Å². The summed E-state index contributed by atoms with van der Waals surface area (Å²) in [5, 5.41) is 0. The Morgan fingerprint density at radius 3 is 2.76 bits per heavy atom. The van der Waals surface area contributed by atoms with Gasteiger partial charge >= 0.3 is 0 Å². The van der Waals surface area contributed by atoms with Crippen LogP contribution in [0.15, 0.2) is 23.1 Å². The molecule has 7 nitrogen and oxygen atoms in total. The Hall–Kier alpha value is -1.48. The van der Waals surface area contributed by atoms with Gasteiger partial charge in [-0.1, -0.05) is 0 Å². The number of nitrogens with two attached hydrogens (primary N) is 1. The van der Waals surface area contributed by atoms with Crippen molar-refractivity contribution >= 4 is 21.6 Å². The predicted molar refractivity (Wildman–Crippen MR) is 94.9 cm³/mol. The van der Waals surface area contributed by atoms with Crippen molar-refractivity contribution < 1.29 is 17.9 Å². The number of carbonyl (C=O) groups is 1. The monoisotopic (exact) mass is 367 g/mol. The first-order chi connectivity index (χ1) is 11.9. The molecule has 1 aromatic rings. The van der Waals surface area contributed by atoms with Crippen molar-refractivity contribution in [3.63, 3.8) is 0 Å². The number of carbonyl (C=O) groups excluding carboxylic acids is 1. The van der Waals surface area contributed by atoms with Gasteiger partial charge in [0.1, 0.15) is 0 Å². The third-order valence-electron chi connectivity index (χ3n) is 5.15. The van der Waals surface area contributed by atoms with Gasteiger partial charge in [-0.25, -0.2) is 8.42 Å². The van der Waals surface area contributed by atoms with Gasteiger partial charge in [0.25, 0.3) is 0 Å². The Kier molecular flexibility index (Phi) is 5.15. The van der Waals surface area contributed by atoms with Crippen molar-refractivity contribution in [2.75, 3.05) is 31.6 Å². The minimum absolute atomic E-state index is 0.0285. The number of methoxy groups -OCH3 is 1. The highest BCUT2D eigenvalue weighted by Crippen LogP contribution is 2.33. The Labute approximate surface area is 148 Å². The van der Waals surface area contributed by atoms with E-state index in [0.29, 0.717) is 32.4 Å². The molecule has 25 heavy (non-hydrogen) atoms. The van der Waals surface area contributed by atoms with E-state index in [0.717, 1.165) is 11.3 Å². The van der Waals surface area contributed by atoms with Crippen LogP contribution in [0.2, 0.25) is 0 Å². The van der Waals surface area contributed by atoms with Crippen LogP contribution in [0.5, 0.6) is 0 Å². The lowest BCUT2D eigenvalue weighted by Crippen LogP contribution is -2.51. The maximum Gasteiger partial charge on any atom is 0.243 e. The number of hydrogen-bond donors (Lipinski definition) is 1. The van der Waals surface area contributed by atoms with E-state index in [-0.39, 0.29) is 29.5 Å². The van der Waals surface area contributed by atoms with Gasteiger partial charge in [0, 0.05) is 45.4 Å². The fourth-order valence-corrected chi connectivity index (χ4v) is 5.45. The minimum Gasteiger partial charge on any atom is -0.381 e. The van der Waals surface area contributed by atoms with Crippen LogP contribution in [0.4, 0.5) is 5.69 Å². The van der Waals surface area contributed by atoms with E-state index in [4.69, 9.17) is 10.5 Å². The number of piperidine rings is 1. The van der Waals surface area contributed by atoms with Gasteiger partial charge in [0.15, 0.2) is 0 Å². The van der Waals surface area contributed by atoms with Crippen LogP contribution in [0, 0.1) is 0 Å². The predicted octanol–water partition coefficient (Wildman–Crippen LogP) is 0.722. The van der Waals surface area contributed by atoms with Gasteiger partial charge < -0.3 is 15.4 Å². The lowest BCUT2D eigenvalue weighted by Gasteiger charge is -2.37. The van der Waals surface area contributed by atoms with Gasteiger partial charge in [-0.2, -0.15) is 4.31 Å². The van der Waals surface area contributed by atoms with Crippen molar-refractivity contribution in [2.24, 2.45) is 5.73 Å². The number of anilines is 1. The Morgan fingerprint density at radius 2 is 2.12 bits per heavy atom. The van der Waals surface area contributed by atoms with E-state index in [1.807, 2.05) is 0 Å². The molecule has 1 saturated heterocycles. The lowest BCUT2D eigenvalue weighted by molar-refractivity contribution is -0.116. The quantitative estimate of drug-likeness (QED) is 0.847. The molecule has 1 amide bonds. The molecule has 8 heteroatoms. The summed E-state index contributed by atoms with van der Waals surface area (Å²) in [6, 6.07) is 4.76. The largest absolute Gasteiger partial charge is 0.381 e. The maximum atomic E-state index is 13.1. The first kappa shape index (κ1) is 18.3. The molecule has 0 aromatic heterocycles. The van der Waals surface area contributed by atoms with E-state index < -0.39 is 10.0 Å². The Morgan fingerprint density at radius 1 is 1.36 bits per heavy atom. The van der Waals surface area contributed by atoms with Crippen LogP contribution >= 0.6 is 0 Å². The molecule has 0 radical (unpaired) electrons. The van der Waals surface area contributed by atoms with Gasteiger partial charge in [0.2, 0.25) is 15.9 Å². The highest BCUT2D eigenvalue weighted by Gasteiger charge is 2.37. The van der Waals surface area contributed by atoms with E-state index >= 15 is 0 Å². The second kappa shape index (κ2) is 7.03. The van der Waals surface area contributed by atoms with Crippen LogP contribution in [0.25, 0.3) is 0 Å². The molecule has 0 saturated carbocycles. The second-order valence-corrected chi connectivity index (χ2v) is 8.49. The lowest BCUT2D eigenvalue weighted by atomic mass is 10.0. The van der Waals surface area contributed by atoms with Crippen molar-refractivity contribution in [3.05, 3.63) is 23.8 Å². The molecule has 3 rings (SSSR count). The molecule has 0 bridgehead atoms. The van der Waals surface area contributed by atoms with Crippen LogP contribution in [-0.4, -0.2) is 57.5 Å². The third-order valence-corrected chi connectivity index (χ3v) is 7.10. The molecule has 1 aromatic carbocycles. The number of rotatable bonds is 4. The first-order valence-electron chi connectivity index (χ1n) is 8.54. The van der Waals surface area contributed by atoms with E-state index in [1.54, 1.807) is 30.2 Å². The average Bonchev–Trinajstić information content (AvgIpc) is 3.04. The summed E-state index contributed by atoms with van der Waals surface area (Å²) in [4.78, 5) is 13.6. The summed E-state index contributed by atoms with van der Waals surface area (Å²) < 4.78 is 33.1. The normalized spacial score (nSPS) is 24.4. The van der Waals surface area contributed by atoms with Crippen LogP contribution in [-0.2, 0) is 26.0 Å². The highest BCUT2D eigenvalue weighted by molar-refractivity contribution is 7.89. The van der Waals surface area contributed by atoms with E-state index in [9.17, 15) is 13.2 Å². The second-order valence-electron chi connectivity index (χ2n) is 6.60. The zero-order chi connectivity index (χ0) is 18.2. The molecular formula is C17H25N3O4S. The number of amides is 1. The summed E-state index contributed by atoms with van der Waals surface area (Å²) in [7, 11) is -1.98. The molecule has 2 N–H and O–H groups in total. The molecule has 0 aliphatic carbocycles. The Bertz CT molecular complexity index is 765. The van der Waals surface area contributed by atoms with Crippen molar-refractivity contribution in [3.8, 4) is 0 Å². The number of sulfonamides is 1. The number of fused-ring (bicyclic) bond motifs is 1. The third kappa shape index (κ3) is 3.31. The number of nitrogens with zero attached hydrogens (tertiary/aromatic N) is 2. The molecule has 2 aliphatic rings. The number of ether oxygens (including phenoxy) is 1. The van der Waals surface area contributed by atoms with Gasteiger partial charge in [0.05, 0.1) is 11.0 Å². The first-order valence-corrected chi connectivity index (χ1v) is 9.98. The van der Waals surface area contributed by atoms with Crippen molar-refractivity contribution in [2.45, 2.75) is 43.2 Å². The zero-order valence-corrected chi connectivity index (χ0v) is 15.5. The van der Waals surface area contributed by atoms with Gasteiger partial charge in [-0.15, -0.1) is 0 Å². The number of benzene rings is 1. The SMILES string of the molecule is COC1CCN(S(=O)(=O)c2ccc3c(c2)CCN3C(C)=O)C(CN)C1. The molecule has 1 fully saturated rings. The number of hydrogen-bond acceptors (Lipinski definition) is 5. The van der Waals surface area contributed by atoms with E-state index in [2.05, 4.69) is 0 Å². The van der Waals surface area contributed by atoms with Gasteiger partial charge in [-0.05, 0) is 43.0 Å². The van der Waals surface area contributed by atoms with Crippen LogP contribution in [0.1, 0.15) is 25.3 Å². The van der Waals surface area contributed by atoms with Gasteiger partial charge in [-0.3, -0.25) is 4.79 Å². The maximum absolute atomic E-state index is 13.1. The van der Waals surface area contributed by atoms with E-state index in [1.165, 1.54) is 11.2 Å². The topological polar surface area (TPSA) is 92.9 Å². The smallest absolute Gasteiger partial charge is 0.243 e. The highest BCUT2D eigenvalue weighted by atomic mass is 32.2. The fraction of sp³-hybridized carbons (Fsp3) is 0.588. The molecule has 2 aliphatic heterocycles. The summed E-state index contributed by atoms with van der Waals surface area (Å²) in [6.45, 7) is 2.78. The molecule has 138 valence electrons. The molecule has 2 unspecified atom stereocenters. The summed E-state index contributed by atoms with van der Waals surface area (Å²) in [5.41, 5.74) is 7.52. The summed E-state index contributed by atoms with van der Waals surface area (Å²) >= 11 is 0. The molecule has 2 heterocycles. The average molecular weight is 367 g/mol. The summed E-state index contributed by atoms with van der Waals surface area (Å²) in [5.74, 6) is -0.0285. The summed E-state index contributed by atoms with van der Waals surface area (Å²) in [6.07, 6.45) is 1.98. The zero-order valence-electron chi connectivity index (χ0n) is 14.6. The van der Waals surface area contributed by atoms with Crippen molar-refractivity contribution in [1.29, 1.82) is 0 Å². The molecule has 0 spiro atoms. The standard InChI is InChI=1S/C17H25N3O4S/c1-12(21)19-7-5-13-9-16(3-4-17(13)19)25(22,23)20-8-6-15(24-2)10-14(20)11-18/h3-4,9,14-15H,5-8,10-11,18H2,1-2H3. The van der Waals surface area contributed by atoms with Crippen molar-refractivity contribution in [1.82, 2.24) is 4.31 Å².